The molecule has 0 spiro atoms. The topological polar surface area (TPSA) is 54.0 Å². The van der Waals surface area contributed by atoms with E-state index in [-0.39, 0.29) is 6.03 Å². The van der Waals surface area contributed by atoms with Gasteiger partial charge in [0.25, 0.3) is 0 Å². The van der Waals surface area contributed by atoms with Crippen LogP contribution in [0.25, 0.3) is 11.3 Å². The number of rotatable bonds is 3. The van der Waals surface area contributed by atoms with Gasteiger partial charge in [-0.2, -0.15) is 0 Å². The largest absolute Gasteiger partial charge is 0.325 e. The molecular weight excluding hydrogens is 365 g/mol. The number of hydrogen-bond acceptors (Lipinski definition) is 3. The molecular formula is C17H13Cl2N3OS. The van der Waals surface area contributed by atoms with Crippen LogP contribution in [0.5, 0.6) is 0 Å². The summed E-state index contributed by atoms with van der Waals surface area (Å²) in [6.07, 6.45) is 0. The van der Waals surface area contributed by atoms with E-state index in [9.17, 15) is 4.79 Å². The number of aromatic nitrogens is 1. The van der Waals surface area contributed by atoms with E-state index < -0.39 is 0 Å². The summed E-state index contributed by atoms with van der Waals surface area (Å²) in [6.45, 7) is 1.96. The number of thiazole rings is 1. The Hall–Kier alpha value is -2.08. The molecule has 122 valence electrons. The van der Waals surface area contributed by atoms with Crippen LogP contribution in [0, 0.1) is 6.92 Å². The second-order valence-corrected chi connectivity index (χ2v) is 6.81. The van der Waals surface area contributed by atoms with Crippen LogP contribution in [-0.4, -0.2) is 11.0 Å². The van der Waals surface area contributed by atoms with Crippen molar-refractivity contribution in [1.29, 1.82) is 0 Å². The Bertz CT molecular complexity index is 895. The Balaban J connectivity index is 1.72. The summed E-state index contributed by atoms with van der Waals surface area (Å²) in [6, 6.07) is 12.4. The molecule has 24 heavy (non-hydrogen) atoms. The minimum atomic E-state index is -0.348. The van der Waals surface area contributed by atoms with Crippen LogP contribution < -0.4 is 10.6 Å². The molecule has 0 atom stereocenters. The lowest BCUT2D eigenvalue weighted by Crippen LogP contribution is -2.19. The van der Waals surface area contributed by atoms with E-state index in [1.807, 2.05) is 36.6 Å². The minimum absolute atomic E-state index is 0.348. The quantitative estimate of drug-likeness (QED) is 0.581. The molecule has 0 saturated carbocycles. The highest BCUT2D eigenvalue weighted by molar-refractivity contribution is 7.14. The van der Waals surface area contributed by atoms with Crippen LogP contribution in [-0.2, 0) is 0 Å². The maximum atomic E-state index is 12.1. The Kier molecular flexibility index (Phi) is 5.04. The first-order valence-electron chi connectivity index (χ1n) is 7.07. The number of amides is 2. The highest BCUT2D eigenvalue weighted by atomic mass is 35.5. The summed E-state index contributed by atoms with van der Waals surface area (Å²) in [5.74, 6) is 0. The molecule has 0 unspecified atom stereocenters. The number of carbonyl (C=O) groups excluding carboxylic acids is 1. The van der Waals surface area contributed by atoms with Crippen molar-refractivity contribution in [3.05, 3.63) is 63.5 Å². The SMILES string of the molecule is Cc1cccc(NC(=O)Nc2nc(-c3cc(Cl)ccc3Cl)cs2)c1. The number of carbonyl (C=O) groups is 1. The summed E-state index contributed by atoms with van der Waals surface area (Å²) < 4.78 is 0. The third-order valence-electron chi connectivity index (χ3n) is 3.20. The molecule has 0 bridgehead atoms. The predicted octanol–water partition coefficient (Wildman–Crippen LogP) is 6.07. The molecule has 2 amide bonds. The van der Waals surface area contributed by atoms with Gasteiger partial charge in [-0.05, 0) is 42.8 Å². The zero-order valence-electron chi connectivity index (χ0n) is 12.6. The van der Waals surface area contributed by atoms with E-state index in [0.29, 0.717) is 20.9 Å². The van der Waals surface area contributed by atoms with Crippen molar-refractivity contribution >= 4 is 51.4 Å². The first kappa shape index (κ1) is 16.8. The Morgan fingerprint density at radius 3 is 2.75 bits per heavy atom. The highest BCUT2D eigenvalue weighted by Crippen LogP contribution is 2.32. The zero-order valence-corrected chi connectivity index (χ0v) is 15.0. The van der Waals surface area contributed by atoms with Gasteiger partial charge in [0.2, 0.25) is 0 Å². The molecule has 3 rings (SSSR count). The number of halogens is 2. The molecule has 0 aliphatic heterocycles. The van der Waals surface area contributed by atoms with Crippen LogP contribution in [0.1, 0.15) is 5.56 Å². The van der Waals surface area contributed by atoms with Gasteiger partial charge >= 0.3 is 6.03 Å². The fraction of sp³-hybridized carbons (Fsp3) is 0.0588. The van der Waals surface area contributed by atoms with E-state index in [4.69, 9.17) is 23.2 Å². The van der Waals surface area contributed by atoms with E-state index in [2.05, 4.69) is 15.6 Å². The van der Waals surface area contributed by atoms with Crippen LogP contribution >= 0.6 is 34.5 Å². The van der Waals surface area contributed by atoms with Gasteiger partial charge in [-0.1, -0.05) is 35.3 Å². The molecule has 2 aromatic carbocycles. The first-order valence-corrected chi connectivity index (χ1v) is 8.70. The number of aryl methyl sites for hydroxylation is 1. The molecule has 1 heterocycles. The number of anilines is 2. The van der Waals surface area contributed by atoms with Crippen LogP contribution in [0.3, 0.4) is 0 Å². The van der Waals surface area contributed by atoms with Crippen molar-refractivity contribution in [1.82, 2.24) is 4.98 Å². The van der Waals surface area contributed by atoms with Crippen molar-refractivity contribution in [3.8, 4) is 11.3 Å². The summed E-state index contributed by atoms with van der Waals surface area (Å²) >= 11 is 13.5. The molecule has 7 heteroatoms. The minimum Gasteiger partial charge on any atom is -0.308 e. The summed E-state index contributed by atoms with van der Waals surface area (Å²) in [5, 5.41) is 8.92. The van der Waals surface area contributed by atoms with E-state index >= 15 is 0 Å². The second kappa shape index (κ2) is 7.21. The maximum absolute atomic E-state index is 12.1. The predicted molar refractivity (Wildman–Crippen MR) is 101 cm³/mol. The van der Waals surface area contributed by atoms with Gasteiger partial charge < -0.3 is 5.32 Å². The molecule has 0 fully saturated rings. The maximum Gasteiger partial charge on any atom is 0.325 e. The first-order chi connectivity index (χ1) is 11.5. The zero-order chi connectivity index (χ0) is 17.1. The molecule has 0 radical (unpaired) electrons. The van der Waals surface area contributed by atoms with Crippen molar-refractivity contribution in [2.24, 2.45) is 0 Å². The molecule has 0 aliphatic carbocycles. The van der Waals surface area contributed by atoms with Crippen molar-refractivity contribution < 1.29 is 4.79 Å². The molecule has 4 nitrogen and oxygen atoms in total. The third kappa shape index (κ3) is 4.06. The van der Waals surface area contributed by atoms with Crippen LogP contribution in [0.4, 0.5) is 15.6 Å². The average Bonchev–Trinajstić information content (AvgIpc) is 2.97. The van der Waals surface area contributed by atoms with Gasteiger partial charge in [-0.25, -0.2) is 9.78 Å². The summed E-state index contributed by atoms with van der Waals surface area (Å²) in [4.78, 5) is 16.4. The van der Waals surface area contributed by atoms with Crippen molar-refractivity contribution in [2.75, 3.05) is 10.6 Å². The van der Waals surface area contributed by atoms with E-state index in [1.165, 1.54) is 11.3 Å². The standard InChI is InChI=1S/C17H13Cl2N3OS/c1-10-3-2-4-12(7-10)20-16(23)22-17-21-15(9-24-17)13-8-11(18)5-6-14(13)19/h2-9H,1H3,(H2,20,21,22,23). The molecule has 0 saturated heterocycles. The van der Waals surface area contributed by atoms with Gasteiger partial charge in [0.05, 0.1) is 10.7 Å². The molecule has 2 N–H and O–H groups in total. The number of urea groups is 1. The van der Waals surface area contributed by atoms with Crippen LogP contribution in [0.15, 0.2) is 47.8 Å². The van der Waals surface area contributed by atoms with Gasteiger partial charge in [0, 0.05) is 21.7 Å². The number of nitrogens with zero attached hydrogens (tertiary/aromatic N) is 1. The fourth-order valence-electron chi connectivity index (χ4n) is 2.13. The highest BCUT2D eigenvalue weighted by Gasteiger charge is 2.11. The normalized spacial score (nSPS) is 10.5. The number of hydrogen-bond donors (Lipinski definition) is 2. The van der Waals surface area contributed by atoms with Gasteiger partial charge in [-0.15, -0.1) is 11.3 Å². The number of nitrogens with one attached hydrogen (secondary N) is 2. The summed E-state index contributed by atoms with van der Waals surface area (Å²) in [7, 11) is 0. The third-order valence-corrected chi connectivity index (χ3v) is 4.53. The summed E-state index contributed by atoms with van der Waals surface area (Å²) in [5.41, 5.74) is 3.19. The lowest BCUT2D eigenvalue weighted by molar-refractivity contribution is 0.262. The van der Waals surface area contributed by atoms with E-state index in [0.717, 1.165) is 16.8 Å². The van der Waals surface area contributed by atoms with Gasteiger partial charge in [-0.3, -0.25) is 5.32 Å². The molecule has 3 aromatic rings. The van der Waals surface area contributed by atoms with Crippen molar-refractivity contribution in [2.45, 2.75) is 6.92 Å². The monoisotopic (exact) mass is 377 g/mol. The Labute approximate surface area is 153 Å². The molecule has 1 aromatic heterocycles. The van der Waals surface area contributed by atoms with E-state index in [1.54, 1.807) is 18.2 Å². The van der Waals surface area contributed by atoms with Crippen molar-refractivity contribution in [3.63, 3.8) is 0 Å². The molecule has 0 aliphatic rings. The Morgan fingerprint density at radius 2 is 1.96 bits per heavy atom. The smallest absolute Gasteiger partial charge is 0.308 e. The Morgan fingerprint density at radius 1 is 1.12 bits per heavy atom. The van der Waals surface area contributed by atoms with Crippen LogP contribution in [0.2, 0.25) is 10.0 Å². The second-order valence-electron chi connectivity index (χ2n) is 5.11. The lowest BCUT2D eigenvalue weighted by atomic mass is 10.2. The van der Waals surface area contributed by atoms with Gasteiger partial charge in [0.1, 0.15) is 0 Å². The average molecular weight is 378 g/mol. The lowest BCUT2D eigenvalue weighted by Gasteiger charge is -2.06. The number of benzene rings is 2. The van der Waals surface area contributed by atoms with Gasteiger partial charge in [0.15, 0.2) is 5.13 Å². The fourth-order valence-corrected chi connectivity index (χ4v) is 3.22.